The Kier molecular flexibility index (Phi) is 4.63. The van der Waals surface area contributed by atoms with Gasteiger partial charge in [0, 0.05) is 10.7 Å². The third-order valence-electron chi connectivity index (χ3n) is 3.22. The molecule has 0 radical (unpaired) electrons. The van der Waals surface area contributed by atoms with Crippen molar-refractivity contribution in [3.8, 4) is 17.3 Å². The minimum atomic E-state index is -0.407. The van der Waals surface area contributed by atoms with Crippen LogP contribution in [-0.4, -0.2) is 15.1 Å². The van der Waals surface area contributed by atoms with Gasteiger partial charge in [-0.1, -0.05) is 38.8 Å². The fourth-order valence-electron chi connectivity index (χ4n) is 2.02. The van der Waals surface area contributed by atoms with Crippen molar-refractivity contribution in [3.05, 3.63) is 57.4 Å². The Balaban J connectivity index is 1.81. The summed E-state index contributed by atoms with van der Waals surface area (Å²) in [4.78, 5) is 8.63. The van der Waals surface area contributed by atoms with Gasteiger partial charge in [-0.05, 0) is 43.7 Å². The molecule has 0 saturated heterocycles. The van der Waals surface area contributed by atoms with Crippen LogP contribution in [0.4, 0.5) is 0 Å². The van der Waals surface area contributed by atoms with E-state index in [4.69, 9.17) is 20.9 Å². The highest BCUT2D eigenvalue weighted by Crippen LogP contribution is 2.31. The van der Waals surface area contributed by atoms with Crippen LogP contribution < -0.4 is 4.74 Å². The molecule has 1 unspecified atom stereocenters. The molecule has 0 spiro atoms. The van der Waals surface area contributed by atoms with Crippen LogP contribution in [0.5, 0.6) is 5.75 Å². The van der Waals surface area contributed by atoms with Gasteiger partial charge in [0.2, 0.25) is 5.82 Å². The summed E-state index contributed by atoms with van der Waals surface area (Å²) in [7, 11) is 0. The molecule has 5 nitrogen and oxygen atoms in total. The number of nitrogens with zero attached hydrogens (tertiary/aromatic N) is 3. The third-order valence-corrected chi connectivity index (χ3v) is 4.00. The normalized spacial score (nSPS) is 12.2. The Hall–Kier alpha value is -1.92. The first-order chi connectivity index (χ1) is 11.0. The predicted octanol–water partition coefficient (Wildman–Crippen LogP) is 5.00. The molecule has 1 aromatic carbocycles. The van der Waals surface area contributed by atoms with Gasteiger partial charge in [0.25, 0.3) is 5.89 Å². The van der Waals surface area contributed by atoms with Crippen LogP contribution in [0.3, 0.4) is 0 Å². The first-order valence-electron chi connectivity index (χ1n) is 6.92. The molecular weight excluding hydrogens is 382 g/mol. The zero-order valence-corrected chi connectivity index (χ0v) is 14.8. The number of ether oxygens (including phenoxy) is 1. The molecule has 7 heteroatoms. The van der Waals surface area contributed by atoms with E-state index < -0.39 is 6.10 Å². The summed E-state index contributed by atoms with van der Waals surface area (Å²) < 4.78 is 12.0. The van der Waals surface area contributed by atoms with Crippen LogP contribution >= 0.6 is 27.5 Å². The van der Waals surface area contributed by atoms with Crippen molar-refractivity contribution in [2.24, 2.45) is 0 Å². The van der Waals surface area contributed by atoms with Crippen molar-refractivity contribution < 1.29 is 9.26 Å². The first-order valence-corrected chi connectivity index (χ1v) is 8.09. The van der Waals surface area contributed by atoms with Crippen LogP contribution in [0.2, 0.25) is 5.02 Å². The van der Waals surface area contributed by atoms with Crippen molar-refractivity contribution in [1.29, 1.82) is 0 Å². The average Bonchev–Trinajstić information content (AvgIpc) is 3.00. The van der Waals surface area contributed by atoms with Gasteiger partial charge in [-0.2, -0.15) is 4.98 Å². The van der Waals surface area contributed by atoms with Gasteiger partial charge in [-0.3, -0.25) is 4.98 Å². The smallest absolute Gasteiger partial charge is 0.276 e. The van der Waals surface area contributed by atoms with Crippen LogP contribution in [0, 0.1) is 6.92 Å². The lowest BCUT2D eigenvalue weighted by molar-refractivity contribution is 0.211. The number of aryl methyl sites for hydroxylation is 1. The van der Waals surface area contributed by atoms with E-state index in [1.165, 1.54) is 0 Å². The van der Waals surface area contributed by atoms with Crippen LogP contribution in [0.15, 0.2) is 45.5 Å². The van der Waals surface area contributed by atoms with Gasteiger partial charge in [0.1, 0.15) is 11.4 Å². The summed E-state index contributed by atoms with van der Waals surface area (Å²) in [6.45, 7) is 3.77. The molecule has 2 heterocycles. The molecular formula is C16H13BrClN3O2. The predicted molar refractivity (Wildman–Crippen MR) is 90.5 cm³/mol. The maximum absolute atomic E-state index is 6.15. The highest BCUT2D eigenvalue weighted by Gasteiger charge is 2.19. The largest absolute Gasteiger partial charge is 0.481 e. The molecule has 3 aromatic rings. The lowest BCUT2D eigenvalue weighted by atomic mass is 10.2. The van der Waals surface area contributed by atoms with Gasteiger partial charge in [-0.25, -0.2) is 0 Å². The molecule has 1 atom stereocenters. The second-order valence-electron chi connectivity index (χ2n) is 4.96. The van der Waals surface area contributed by atoms with Crippen LogP contribution in [0.25, 0.3) is 11.6 Å². The molecule has 3 rings (SSSR count). The van der Waals surface area contributed by atoms with Crippen molar-refractivity contribution in [3.63, 3.8) is 0 Å². The monoisotopic (exact) mass is 393 g/mol. The van der Waals surface area contributed by atoms with E-state index in [1.807, 2.05) is 32.0 Å². The molecule has 0 amide bonds. The van der Waals surface area contributed by atoms with E-state index in [2.05, 4.69) is 31.1 Å². The summed E-state index contributed by atoms with van der Waals surface area (Å²) in [5, 5.41) is 4.48. The van der Waals surface area contributed by atoms with E-state index in [0.29, 0.717) is 28.2 Å². The Morgan fingerprint density at radius 3 is 2.87 bits per heavy atom. The topological polar surface area (TPSA) is 61.0 Å². The molecule has 0 saturated carbocycles. The lowest BCUT2D eigenvalue weighted by Gasteiger charge is -2.12. The van der Waals surface area contributed by atoms with Gasteiger partial charge < -0.3 is 9.26 Å². The molecule has 0 fully saturated rings. The first kappa shape index (κ1) is 16.0. The standard InChI is InChI=1S/C16H13BrClN3O2/c1-9-4-3-7-19-14(9)16-20-15(21-23-16)10(2)22-13-6-5-11(17)8-12(13)18/h3-8,10H,1-2H3. The number of rotatable bonds is 4. The number of pyridine rings is 1. The minimum Gasteiger partial charge on any atom is -0.481 e. The zero-order valence-electron chi connectivity index (χ0n) is 12.5. The lowest BCUT2D eigenvalue weighted by Crippen LogP contribution is -2.05. The van der Waals surface area contributed by atoms with Crippen molar-refractivity contribution in [1.82, 2.24) is 15.1 Å². The fourth-order valence-corrected chi connectivity index (χ4v) is 2.74. The zero-order chi connectivity index (χ0) is 16.4. The maximum Gasteiger partial charge on any atom is 0.276 e. The Morgan fingerprint density at radius 1 is 1.30 bits per heavy atom. The average molecular weight is 395 g/mol. The van der Waals surface area contributed by atoms with Crippen molar-refractivity contribution in [2.75, 3.05) is 0 Å². The summed E-state index contributed by atoms with van der Waals surface area (Å²) in [6.07, 6.45) is 1.28. The molecule has 0 aliphatic carbocycles. The quantitative estimate of drug-likeness (QED) is 0.623. The second-order valence-corrected chi connectivity index (χ2v) is 6.28. The summed E-state index contributed by atoms with van der Waals surface area (Å²) in [5.74, 6) is 1.36. The highest BCUT2D eigenvalue weighted by molar-refractivity contribution is 9.10. The number of benzene rings is 1. The van der Waals surface area contributed by atoms with Crippen molar-refractivity contribution >= 4 is 27.5 Å². The van der Waals surface area contributed by atoms with E-state index >= 15 is 0 Å². The summed E-state index contributed by atoms with van der Waals surface area (Å²) in [6, 6.07) is 9.20. The maximum atomic E-state index is 6.15. The minimum absolute atomic E-state index is 0.371. The molecule has 118 valence electrons. The van der Waals surface area contributed by atoms with Gasteiger partial charge in [0.05, 0.1) is 5.02 Å². The van der Waals surface area contributed by atoms with E-state index in [-0.39, 0.29) is 0 Å². The Morgan fingerprint density at radius 2 is 2.13 bits per heavy atom. The summed E-state index contributed by atoms with van der Waals surface area (Å²) >= 11 is 9.51. The second kappa shape index (κ2) is 6.68. The summed E-state index contributed by atoms with van der Waals surface area (Å²) in [5.41, 5.74) is 1.63. The van der Waals surface area contributed by atoms with E-state index in [9.17, 15) is 0 Å². The number of halogens is 2. The Labute approximate surface area is 146 Å². The molecule has 0 bridgehead atoms. The SMILES string of the molecule is Cc1cccnc1-c1nc(C(C)Oc2ccc(Br)cc2Cl)no1. The molecule has 23 heavy (non-hydrogen) atoms. The molecule has 0 aliphatic rings. The molecule has 2 aromatic heterocycles. The van der Waals surface area contributed by atoms with Gasteiger partial charge in [-0.15, -0.1) is 0 Å². The number of hydrogen-bond donors (Lipinski definition) is 0. The van der Waals surface area contributed by atoms with Crippen LogP contribution in [0.1, 0.15) is 24.4 Å². The third kappa shape index (κ3) is 3.54. The van der Waals surface area contributed by atoms with E-state index in [0.717, 1.165) is 10.0 Å². The number of aromatic nitrogens is 3. The fraction of sp³-hybridized carbons (Fsp3) is 0.188. The number of hydrogen-bond acceptors (Lipinski definition) is 5. The molecule has 0 aliphatic heterocycles. The highest BCUT2D eigenvalue weighted by atomic mass is 79.9. The van der Waals surface area contributed by atoms with Crippen molar-refractivity contribution in [2.45, 2.75) is 20.0 Å². The van der Waals surface area contributed by atoms with Gasteiger partial charge in [0.15, 0.2) is 6.10 Å². The van der Waals surface area contributed by atoms with Crippen LogP contribution in [-0.2, 0) is 0 Å². The Bertz CT molecular complexity index is 838. The molecule has 0 N–H and O–H groups in total. The van der Waals surface area contributed by atoms with Gasteiger partial charge >= 0.3 is 0 Å². The van der Waals surface area contributed by atoms with E-state index in [1.54, 1.807) is 18.3 Å².